The van der Waals surface area contributed by atoms with E-state index in [4.69, 9.17) is 4.74 Å². The van der Waals surface area contributed by atoms with Crippen LogP contribution in [0, 0.1) is 13.8 Å². The van der Waals surface area contributed by atoms with E-state index in [2.05, 4.69) is 31.0 Å². The molecule has 0 atom stereocenters. The van der Waals surface area contributed by atoms with Crippen molar-refractivity contribution < 1.29 is 4.74 Å². The van der Waals surface area contributed by atoms with E-state index < -0.39 is 0 Å². The zero-order chi connectivity index (χ0) is 9.14. The van der Waals surface area contributed by atoms with Gasteiger partial charge < -0.3 is 0 Å². The molecule has 1 aromatic rings. The molecule has 12 heavy (non-hydrogen) atoms. The van der Waals surface area contributed by atoms with Crippen molar-refractivity contribution in [2.45, 2.75) is 18.8 Å². The van der Waals surface area contributed by atoms with Gasteiger partial charge in [-0.1, -0.05) is 0 Å². The summed E-state index contributed by atoms with van der Waals surface area (Å²) >= 11 is -0.0379. The fraction of sp³-hybridized carbons (Fsp3) is 0.400. The molecule has 0 saturated carbocycles. The Labute approximate surface area is 84.2 Å². The molecule has 0 aromatic heterocycles. The number of hydrogen-bond donors (Lipinski definition) is 0. The predicted molar refractivity (Wildman–Crippen MR) is 53.7 cm³/mol. The Hall–Kier alpha value is -0.190. The summed E-state index contributed by atoms with van der Waals surface area (Å²) < 4.78 is 6.73. The van der Waals surface area contributed by atoms with E-state index in [9.17, 15) is 0 Å². The van der Waals surface area contributed by atoms with Gasteiger partial charge in [-0.3, -0.25) is 0 Å². The van der Waals surface area contributed by atoms with Gasteiger partial charge in [-0.05, 0) is 0 Å². The van der Waals surface area contributed by atoms with Crippen molar-refractivity contribution in [2.24, 2.45) is 0 Å². The maximum atomic E-state index is 5.30. The van der Waals surface area contributed by atoms with Crippen LogP contribution in [0.3, 0.4) is 0 Å². The molecule has 2 heteroatoms. The first-order chi connectivity index (χ1) is 5.69. The molecule has 0 unspecified atom stereocenters. The molecule has 0 radical (unpaired) electrons. The van der Waals surface area contributed by atoms with Crippen LogP contribution in [0.1, 0.15) is 11.1 Å². The van der Waals surface area contributed by atoms with Crippen LogP contribution in [0.25, 0.3) is 0 Å². The summed E-state index contributed by atoms with van der Waals surface area (Å²) in [6.07, 6.45) is 0. The number of rotatable bonds is 2. The second-order valence-electron chi connectivity index (χ2n) is 2.79. The van der Waals surface area contributed by atoms with Crippen LogP contribution in [0.5, 0.6) is 5.75 Å². The van der Waals surface area contributed by atoms with E-state index in [-0.39, 0.29) is 20.9 Å². The summed E-state index contributed by atoms with van der Waals surface area (Å²) in [6, 6.07) is 4.40. The molecule has 0 spiro atoms. The van der Waals surface area contributed by atoms with Crippen molar-refractivity contribution in [3.8, 4) is 5.75 Å². The third-order valence-corrected chi connectivity index (χ3v) is 4.17. The Morgan fingerprint density at radius 1 is 1.17 bits per heavy atom. The second-order valence-corrected chi connectivity index (χ2v) is 5.21. The molecule has 0 heterocycles. The molecule has 1 aromatic carbocycles. The second kappa shape index (κ2) is 4.16. The summed E-state index contributed by atoms with van der Waals surface area (Å²) in [7, 11) is 1.75. The summed E-state index contributed by atoms with van der Waals surface area (Å²) in [5.74, 6) is 1.07. The van der Waals surface area contributed by atoms with Gasteiger partial charge in [0.25, 0.3) is 0 Å². The van der Waals surface area contributed by atoms with Gasteiger partial charge in [0.15, 0.2) is 0 Å². The van der Waals surface area contributed by atoms with Crippen molar-refractivity contribution in [2.75, 3.05) is 7.11 Å². The van der Waals surface area contributed by atoms with Crippen LogP contribution in [0.2, 0.25) is 4.97 Å². The Bertz CT molecular complexity index is 252. The Balaban J connectivity index is 3.19. The SMILES string of the molecule is COc1cc(C)c(C)cc1[Te]C. The molecule has 0 amide bonds. The quantitative estimate of drug-likeness (QED) is 0.748. The number of benzene rings is 1. The Morgan fingerprint density at radius 3 is 2.25 bits per heavy atom. The third kappa shape index (κ3) is 1.94. The molecule has 1 nitrogen and oxygen atoms in total. The molecule has 0 fully saturated rings. The molecule has 1 rings (SSSR count). The van der Waals surface area contributed by atoms with E-state index >= 15 is 0 Å². The monoisotopic (exact) mass is 280 g/mol. The zero-order valence-corrected chi connectivity index (χ0v) is 10.3. The van der Waals surface area contributed by atoms with Crippen molar-refractivity contribution in [3.05, 3.63) is 23.3 Å². The standard InChI is InChI=1S/C10H14OTe/c1-7-5-9(11-3)10(12-4)6-8(7)2/h5-6H,1-4H3. The average Bonchev–Trinajstić information content (AvgIpc) is 2.09. The van der Waals surface area contributed by atoms with Crippen molar-refractivity contribution in [1.82, 2.24) is 0 Å². The average molecular weight is 278 g/mol. The maximum absolute atomic E-state index is 5.30. The van der Waals surface area contributed by atoms with Crippen LogP contribution < -0.4 is 8.35 Å². The van der Waals surface area contributed by atoms with Gasteiger partial charge in [-0.15, -0.1) is 0 Å². The van der Waals surface area contributed by atoms with Crippen LogP contribution in [-0.2, 0) is 0 Å². The predicted octanol–water partition coefficient (Wildman–Crippen LogP) is 1.69. The van der Waals surface area contributed by atoms with Crippen LogP contribution in [0.15, 0.2) is 12.1 Å². The minimum absolute atomic E-state index is 0.0379. The number of hydrogen-bond acceptors (Lipinski definition) is 1. The first kappa shape index (κ1) is 9.89. The van der Waals surface area contributed by atoms with E-state index in [0.717, 1.165) is 5.75 Å². The van der Waals surface area contributed by atoms with E-state index in [1.54, 1.807) is 7.11 Å². The third-order valence-electron chi connectivity index (χ3n) is 2.00. The van der Waals surface area contributed by atoms with Crippen molar-refractivity contribution >= 4 is 24.5 Å². The molecule has 0 aliphatic rings. The van der Waals surface area contributed by atoms with E-state index in [1.165, 1.54) is 14.7 Å². The number of ether oxygens (including phenoxy) is 1. The van der Waals surface area contributed by atoms with Gasteiger partial charge in [0.1, 0.15) is 0 Å². The van der Waals surface area contributed by atoms with Gasteiger partial charge >= 0.3 is 84.2 Å². The Kier molecular flexibility index (Phi) is 3.43. The molecular formula is C10H14OTe. The summed E-state index contributed by atoms with van der Waals surface area (Å²) in [6.45, 7) is 4.28. The number of aryl methyl sites for hydroxylation is 2. The van der Waals surface area contributed by atoms with Crippen LogP contribution in [0.4, 0.5) is 0 Å². The van der Waals surface area contributed by atoms with E-state index in [0.29, 0.717) is 0 Å². The first-order valence-corrected chi connectivity index (χ1v) is 7.37. The van der Waals surface area contributed by atoms with Crippen LogP contribution >= 0.6 is 0 Å². The summed E-state index contributed by atoms with van der Waals surface area (Å²) in [5, 5.41) is 0. The first-order valence-electron chi connectivity index (χ1n) is 3.88. The van der Waals surface area contributed by atoms with Gasteiger partial charge in [-0.25, -0.2) is 0 Å². The van der Waals surface area contributed by atoms with E-state index in [1.807, 2.05) is 0 Å². The fourth-order valence-electron chi connectivity index (χ4n) is 1.08. The Morgan fingerprint density at radius 2 is 1.75 bits per heavy atom. The summed E-state index contributed by atoms with van der Waals surface area (Å²) in [4.78, 5) is 2.28. The van der Waals surface area contributed by atoms with Gasteiger partial charge in [0, 0.05) is 0 Å². The molecule has 0 N–H and O–H groups in total. The van der Waals surface area contributed by atoms with Crippen molar-refractivity contribution in [3.63, 3.8) is 0 Å². The zero-order valence-electron chi connectivity index (χ0n) is 7.97. The number of methoxy groups -OCH3 is 1. The van der Waals surface area contributed by atoms with Crippen LogP contribution in [-0.4, -0.2) is 28.0 Å². The molecule has 66 valence electrons. The van der Waals surface area contributed by atoms with Crippen molar-refractivity contribution in [1.29, 1.82) is 0 Å². The molecule has 0 saturated heterocycles. The van der Waals surface area contributed by atoms with Gasteiger partial charge in [-0.2, -0.15) is 0 Å². The van der Waals surface area contributed by atoms with Gasteiger partial charge in [0.05, 0.1) is 0 Å². The molecule has 0 bridgehead atoms. The molecular weight excluding hydrogens is 264 g/mol. The fourth-order valence-corrected chi connectivity index (χ4v) is 2.90. The molecule has 0 aliphatic heterocycles. The topological polar surface area (TPSA) is 9.23 Å². The minimum atomic E-state index is -0.0379. The summed E-state index contributed by atoms with van der Waals surface area (Å²) in [5.41, 5.74) is 2.69. The normalized spacial score (nSPS) is 10.0. The molecule has 0 aliphatic carbocycles. The van der Waals surface area contributed by atoms with Gasteiger partial charge in [0.2, 0.25) is 0 Å².